The van der Waals surface area contributed by atoms with Crippen molar-refractivity contribution in [3.63, 3.8) is 0 Å². The molecule has 0 bridgehead atoms. The van der Waals surface area contributed by atoms with Crippen LogP contribution in [0.25, 0.3) is 0 Å². The normalized spacial score (nSPS) is 21.5. The maximum atomic E-state index is 11.6. The summed E-state index contributed by atoms with van der Waals surface area (Å²) in [6.45, 7) is 1.76. The van der Waals surface area contributed by atoms with Crippen molar-refractivity contribution in [3.05, 3.63) is 0 Å². The molecule has 0 radical (unpaired) electrons. The van der Waals surface area contributed by atoms with E-state index >= 15 is 0 Å². The van der Waals surface area contributed by atoms with Crippen LogP contribution in [0.2, 0.25) is 0 Å². The van der Waals surface area contributed by atoms with Gasteiger partial charge in [0, 0.05) is 0 Å². The molecule has 0 saturated carbocycles. The highest BCUT2D eigenvalue weighted by Crippen LogP contribution is 2.25. The highest BCUT2D eigenvalue weighted by Gasteiger charge is 2.42. The van der Waals surface area contributed by atoms with Crippen LogP contribution in [-0.4, -0.2) is 50.7 Å². The largest absolute Gasteiger partial charge is 0.468 e. The lowest BCUT2D eigenvalue weighted by Crippen LogP contribution is -2.57. The van der Waals surface area contributed by atoms with E-state index in [1.165, 1.54) is 7.11 Å². The predicted octanol–water partition coefficient (Wildman–Crippen LogP) is -0.157. The van der Waals surface area contributed by atoms with Crippen molar-refractivity contribution in [1.29, 1.82) is 0 Å². The van der Waals surface area contributed by atoms with E-state index in [2.05, 4.69) is 5.32 Å². The zero-order chi connectivity index (χ0) is 9.90. The van der Waals surface area contributed by atoms with Crippen LogP contribution in [0.3, 0.4) is 0 Å². The number of ether oxygens (including phenoxy) is 1. The molecular formula is C9H18N2O2. The fraction of sp³-hybridized carbons (Fsp3) is 0.889. The Hall–Kier alpha value is -0.610. The first-order valence-corrected chi connectivity index (χ1v) is 4.60. The second kappa shape index (κ2) is 4.07. The lowest BCUT2D eigenvalue weighted by molar-refractivity contribution is -0.155. The molecule has 0 spiro atoms. The van der Waals surface area contributed by atoms with Gasteiger partial charge in [-0.1, -0.05) is 0 Å². The van der Waals surface area contributed by atoms with Gasteiger partial charge >= 0.3 is 5.97 Å². The average molecular weight is 186 g/mol. The summed E-state index contributed by atoms with van der Waals surface area (Å²) in [5.74, 6) is -0.112. The molecule has 1 aliphatic rings. The van der Waals surface area contributed by atoms with Crippen molar-refractivity contribution < 1.29 is 9.53 Å². The number of likely N-dealkylation sites (N-methyl/N-ethyl adjacent to an activating group) is 1. The fourth-order valence-electron chi connectivity index (χ4n) is 1.86. The smallest absolute Gasteiger partial charge is 0.326 e. The van der Waals surface area contributed by atoms with Crippen LogP contribution in [0, 0.1) is 0 Å². The number of carbonyl (C=O) groups excluding carboxylic acids is 1. The van der Waals surface area contributed by atoms with E-state index in [9.17, 15) is 4.79 Å². The Kier molecular flexibility index (Phi) is 3.27. The van der Waals surface area contributed by atoms with Crippen LogP contribution < -0.4 is 5.32 Å². The maximum Gasteiger partial charge on any atom is 0.326 e. The standard InChI is InChI=1S/C9H18N2O2/c1-11(2)9(8(12)13-3)4-6-10-7-5-9/h10H,4-7H2,1-3H3. The molecule has 1 fully saturated rings. The summed E-state index contributed by atoms with van der Waals surface area (Å²) in [4.78, 5) is 13.6. The highest BCUT2D eigenvalue weighted by atomic mass is 16.5. The zero-order valence-corrected chi connectivity index (χ0v) is 8.59. The molecule has 4 nitrogen and oxygen atoms in total. The molecule has 13 heavy (non-hydrogen) atoms. The Morgan fingerprint density at radius 2 is 1.92 bits per heavy atom. The monoisotopic (exact) mass is 186 g/mol. The topological polar surface area (TPSA) is 41.6 Å². The van der Waals surface area contributed by atoms with Gasteiger partial charge in [-0.05, 0) is 40.0 Å². The summed E-state index contributed by atoms with van der Waals surface area (Å²) in [7, 11) is 5.32. The second-order valence-corrected chi connectivity index (χ2v) is 3.67. The Labute approximate surface area is 79.2 Å². The number of hydrogen-bond donors (Lipinski definition) is 1. The molecular weight excluding hydrogens is 168 g/mol. The van der Waals surface area contributed by atoms with Gasteiger partial charge in [-0.2, -0.15) is 0 Å². The van der Waals surface area contributed by atoms with E-state index < -0.39 is 5.54 Å². The number of piperidine rings is 1. The van der Waals surface area contributed by atoms with Crippen LogP contribution in [0.15, 0.2) is 0 Å². The van der Waals surface area contributed by atoms with Gasteiger partial charge in [0.25, 0.3) is 0 Å². The Bertz CT molecular complexity index is 186. The van der Waals surface area contributed by atoms with Crippen LogP contribution in [0.5, 0.6) is 0 Å². The van der Waals surface area contributed by atoms with E-state index in [-0.39, 0.29) is 5.97 Å². The molecule has 0 aromatic carbocycles. The van der Waals surface area contributed by atoms with Gasteiger partial charge in [0.05, 0.1) is 7.11 Å². The number of rotatable bonds is 2. The molecule has 0 unspecified atom stereocenters. The number of nitrogens with zero attached hydrogens (tertiary/aromatic N) is 1. The first-order valence-electron chi connectivity index (χ1n) is 4.60. The number of carbonyl (C=O) groups is 1. The number of esters is 1. The van der Waals surface area contributed by atoms with E-state index in [1.54, 1.807) is 0 Å². The Morgan fingerprint density at radius 1 is 1.38 bits per heavy atom. The zero-order valence-electron chi connectivity index (χ0n) is 8.59. The predicted molar refractivity (Wildman–Crippen MR) is 50.5 cm³/mol. The van der Waals surface area contributed by atoms with E-state index in [1.807, 2.05) is 19.0 Å². The minimum Gasteiger partial charge on any atom is -0.468 e. The third-order valence-electron chi connectivity index (χ3n) is 2.85. The van der Waals surface area contributed by atoms with Crippen LogP contribution in [0.1, 0.15) is 12.8 Å². The van der Waals surface area contributed by atoms with E-state index in [0.717, 1.165) is 25.9 Å². The molecule has 0 atom stereocenters. The first-order chi connectivity index (χ1) is 6.13. The lowest BCUT2D eigenvalue weighted by atomic mass is 9.87. The maximum absolute atomic E-state index is 11.6. The van der Waals surface area contributed by atoms with Crippen molar-refractivity contribution in [1.82, 2.24) is 10.2 Å². The molecule has 0 amide bonds. The molecule has 76 valence electrons. The summed E-state index contributed by atoms with van der Waals surface area (Å²) < 4.78 is 4.85. The summed E-state index contributed by atoms with van der Waals surface area (Å²) in [5, 5.41) is 3.24. The number of methoxy groups -OCH3 is 1. The van der Waals surface area contributed by atoms with Gasteiger partial charge in [0.2, 0.25) is 0 Å². The summed E-state index contributed by atoms with van der Waals surface area (Å²) in [6, 6.07) is 0. The molecule has 1 aliphatic heterocycles. The van der Waals surface area contributed by atoms with Gasteiger partial charge in [-0.15, -0.1) is 0 Å². The minimum absolute atomic E-state index is 0.112. The van der Waals surface area contributed by atoms with Gasteiger partial charge in [-0.3, -0.25) is 9.69 Å². The molecule has 4 heteroatoms. The third-order valence-corrected chi connectivity index (χ3v) is 2.85. The molecule has 1 rings (SSSR count). The summed E-state index contributed by atoms with van der Waals surface area (Å²) >= 11 is 0. The SMILES string of the molecule is COC(=O)C1(N(C)C)CCNCC1. The van der Waals surface area contributed by atoms with Crippen molar-refractivity contribution >= 4 is 5.97 Å². The average Bonchev–Trinajstić information content (AvgIpc) is 2.17. The number of nitrogens with one attached hydrogen (secondary N) is 1. The molecule has 1 heterocycles. The minimum atomic E-state index is -0.403. The van der Waals surface area contributed by atoms with Crippen molar-refractivity contribution in [2.45, 2.75) is 18.4 Å². The molecule has 1 N–H and O–H groups in total. The second-order valence-electron chi connectivity index (χ2n) is 3.67. The van der Waals surface area contributed by atoms with Gasteiger partial charge in [0.1, 0.15) is 5.54 Å². The first kappa shape index (κ1) is 10.5. The van der Waals surface area contributed by atoms with Gasteiger partial charge in [0.15, 0.2) is 0 Å². The Morgan fingerprint density at radius 3 is 2.31 bits per heavy atom. The Balaban J connectivity index is 2.79. The fourth-order valence-corrected chi connectivity index (χ4v) is 1.86. The van der Waals surface area contributed by atoms with Crippen molar-refractivity contribution in [2.24, 2.45) is 0 Å². The molecule has 1 saturated heterocycles. The van der Waals surface area contributed by atoms with Crippen LogP contribution in [-0.2, 0) is 9.53 Å². The van der Waals surface area contributed by atoms with Crippen molar-refractivity contribution in [3.8, 4) is 0 Å². The van der Waals surface area contributed by atoms with Gasteiger partial charge < -0.3 is 10.1 Å². The van der Waals surface area contributed by atoms with Crippen molar-refractivity contribution in [2.75, 3.05) is 34.3 Å². The lowest BCUT2D eigenvalue weighted by Gasteiger charge is -2.40. The molecule has 0 aromatic rings. The quantitative estimate of drug-likeness (QED) is 0.609. The number of hydrogen-bond acceptors (Lipinski definition) is 4. The molecule has 0 aromatic heterocycles. The van der Waals surface area contributed by atoms with E-state index in [4.69, 9.17) is 4.74 Å². The van der Waals surface area contributed by atoms with E-state index in [0.29, 0.717) is 0 Å². The summed E-state index contributed by atoms with van der Waals surface area (Å²) in [5.41, 5.74) is -0.403. The molecule has 0 aliphatic carbocycles. The highest BCUT2D eigenvalue weighted by molar-refractivity contribution is 5.80. The van der Waals surface area contributed by atoms with Crippen LogP contribution >= 0.6 is 0 Å². The summed E-state index contributed by atoms with van der Waals surface area (Å²) in [6.07, 6.45) is 1.65. The van der Waals surface area contributed by atoms with Gasteiger partial charge in [-0.25, -0.2) is 0 Å². The van der Waals surface area contributed by atoms with Crippen LogP contribution in [0.4, 0.5) is 0 Å². The third kappa shape index (κ3) is 1.84.